The summed E-state index contributed by atoms with van der Waals surface area (Å²) >= 11 is 6.53. The van der Waals surface area contributed by atoms with E-state index in [1.54, 1.807) is 63.4 Å². The van der Waals surface area contributed by atoms with Crippen LogP contribution in [0.2, 0.25) is 5.02 Å². The van der Waals surface area contributed by atoms with Gasteiger partial charge in [0.1, 0.15) is 29.8 Å². The molecule has 12 heteroatoms. The van der Waals surface area contributed by atoms with Crippen molar-refractivity contribution in [1.29, 1.82) is 5.26 Å². The molecule has 238 valence electrons. The fraction of sp³-hybridized carbons (Fsp3) is 0.265. The minimum Gasteiger partial charge on any atom is -0.492 e. The predicted molar refractivity (Wildman–Crippen MR) is 177 cm³/mol. The maximum Gasteiger partial charge on any atom is 0.320 e. The molecular weight excluding hydrogens is 608 g/mol. The third-order valence-corrected chi connectivity index (χ3v) is 6.47. The monoisotopic (exact) mass is 642 g/mol. The second kappa shape index (κ2) is 15.7. The number of anilines is 3. The highest BCUT2D eigenvalue weighted by Gasteiger charge is 2.17. The van der Waals surface area contributed by atoms with Crippen LogP contribution in [0.5, 0.6) is 11.5 Å². The molecule has 46 heavy (non-hydrogen) atoms. The molecule has 0 bridgehead atoms. The summed E-state index contributed by atoms with van der Waals surface area (Å²) in [5, 5.41) is 19.9. The molecule has 3 N–H and O–H groups in total. The van der Waals surface area contributed by atoms with Crippen LogP contribution in [-0.2, 0) is 20.9 Å². The Morgan fingerprint density at radius 2 is 1.89 bits per heavy atom. The van der Waals surface area contributed by atoms with E-state index in [0.29, 0.717) is 51.1 Å². The molecule has 0 saturated heterocycles. The standard InChI is InChI=1S/C34H35ClN6O5/c1-5-44-30-17-27-25(16-28(30)41-31(42)10-8-13-37-20-32(43)46-34(2,3)4)33(22(18-36)19-39-27)40-23-11-12-29(26(35)15-23)45-21-24-9-6-7-14-38-24/h6-12,14-17,19,37H,5,13,20-21H2,1-4H3,(H,39,40)(H,41,42)/b10-8+. The number of halogens is 1. The molecule has 0 unspecified atom stereocenters. The summed E-state index contributed by atoms with van der Waals surface area (Å²) in [7, 11) is 0. The van der Waals surface area contributed by atoms with Gasteiger partial charge in [-0.3, -0.25) is 19.6 Å². The van der Waals surface area contributed by atoms with Gasteiger partial charge in [0.2, 0.25) is 5.91 Å². The number of esters is 1. The summed E-state index contributed by atoms with van der Waals surface area (Å²) < 4.78 is 16.9. The lowest BCUT2D eigenvalue weighted by Crippen LogP contribution is -2.31. The Morgan fingerprint density at radius 3 is 2.59 bits per heavy atom. The number of carbonyl (C=O) groups is 2. The van der Waals surface area contributed by atoms with Gasteiger partial charge in [-0.05, 0) is 64.1 Å². The van der Waals surface area contributed by atoms with Crippen LogP contribution in [0.1, 0.15) is 39.0 Å². The number of fused-ring (bicyclic) bond motifs is 1. The molecular formula is C34H35ClN6O5. The number of benzene rings is 2. The van der Waals surface area contributed by atoms with Gasteiger partial charge in [-0.25, -0.2) is 0 Å². The van der Waals surface area contributed by atoms with Crippen LogP contribution < -0.4 is 25.4 Å². The van der Waals surface area contributed by atoms with E-state index >= 15 is 0 Å². The van der Waals surface area contributed by atoms with Gasteiger partial charge in [0.05, 0.1) is 46.3 Å². The van der Waals surface area contributed by atoms with E-state index in [0.717, 1.165) is 5.69 Å². The summed E-state index contributed by atoms with van der Waals surface area (Å²) in [5.41, 5.74) is 2.51. The van der Waals surface area contributed by atoms with Gasteiger partial charge in [0.25, 0.3) is 0 Å². The molecule has 11 nitrogen and oxygen atoms in total. The molecule has 0 aliphatic carbocycles. The Balaban J connectivity index is 1.52. The number of rotatable bonds is 13. The quantitative estimate of drug-likeness (QED) is 0.0862. The first-order valence-corrected chi connectivity index (χ1v) is 14.9. The van der Waals surface area contributed by atoms with Gasteiger partial charge >= 0.3 is 5.97 Å². The van der Waals surface area contributed by atoms with Crippen molar-refractivity contribution in [1.82, 2.24) is 15.3 Å². The third-order valence-electron chi connectivity index (χ3n) is 6.17. The van der Waals surface area contributed by atoms with Gasteiger partial charge in [0, 0.05) is 42.2 Å². The number of nitrogens with zero attached hydrogens (tertiary/aromatic N) is 3. The minimum atomic E-state index is -0.571. The Labute approximate surface area is 272 Å². The van der Waals surface area contributed by atoms with Crippen LogP contribution in [0.25, 0.3) is 10.9 Å². The van der Waals surface area contributed by atoms with Crippen molar-refractivity contribution < 1.29 is 23.8 Å². The summed E-state index contributed by atoms with van der Waals surface area (Å²) in [5.74, 6) is 0.106. The zero-order valence-electron chi connectivity index (χ0n) is 26.0. The number of carbonyl (C=O) groups excluding carboxylic acids is 2. The van der Waals surface area contributed by atoms with Crippen molar-refractivity contribution in [2.75, 3.05) is 30.3 Å². The van der Waals surface area contributed by atoms with Crippen LogP contribution in [-0.4, -0.2) is 47.1 Å². The maximum atomic E-state index is 12.8. The van der Waals surface area contributed by atoms with Gasteiger partial charge in [0.15, 0.2) is 0 Å². The molecule has 0 aliphatic rings. The van der Waals surface area contributed by atoms with Crippen LogP contribution in [0.3, 0.4) is 0 Å². The molecule has 0 radical (unpaired) electrons. The van der Waals surface area contributed by atoms with Crippen molar-refractivity contribution in [2.45, 2.75) is 39.9 Å². The smallest absolute Gasteiger partial charge is 0.320 e. The van der Waals surface area contributed by atoms with Crippen molar-refractivity contribution in [3.63, 3.8) is 0 Å². The zero-order valence-corrected chi connectivity index (χ0v) is 26.8. The molecule has 2 aromatic heterocycles. The molecule has 1 amide bonds. The van der Waals surface area contributed by atoms with Gasteiger partial charge < -0.3 is 30.2 Å². The van der Waals surface area contributed by atoms with Crippen molar-refractivity contribution in [3.8, 4) is 17.6 Å². The van der Waals surface area contributed by atoms with E-state index in [-0.39, 0.29) is 31.2 Å². The van der Waals surface area contributed by atoms with Crippen LogP contribution in [0.15, 0.2) is 73.1 Å². The number of pyridine rings is 2. The second-order valence-electron chi connectivity index (χ2n) is 10.9. The zero-order chi connectivity index (χ0) is 33.1. The first-order valence-electron chi connectivity index (χ1n) is 14.5. The fourth-order valence-corrected chi connectivity index (χ4v) is 4.50. The number of nitriles is 1. The van der Waals surface area contributed by atoms with E-state index in [1.165, 1.54) is 12.3 Å². The van der Waals surface area contributed by atoms with Gasteiger partial charge in [-0.1, -0.05) is 23.7 Å². The number of amides is 1. The number of nitrogens with one attached hydrogen (secondary N) is 3. The highest BCUT2D eigenvalue weighted by atomic mass is 35.5. The molecule has 0 atom stereocenters. The summed E-state index contributed by atoms with van der Waals surface area (Å²) in [4.78, 5) is 33.4. The van der Waals surface area contributed by atoms with Crippen molar-refractivity contribution in [3.05, 3.63) is 89.4 Å². The number of hydrogen-bond acceptors (Lipinski definition) is 10. The Kier molecular flexibility index (Phi) is 11.5. The lowest BCUT2D eigenvalue weighted by molar-refractivity contribution is -0.153. The van der Waals surface area contributed by atoms with E-state index in [2.05, 4.69) is 32.0 Å². The third kappa shape index (κ3) is 9.66. The van der Waals surface area contributed by atoms with Gasteiger partial charge in [-0.15, -0.1) is 0 Å². The van der Waals surface area contributed by atoms with E-state index in [1.807, 2.05) is 25.1 Å². The fourth-order valence-electron chi connectivity index (χ4n) is 4.26. The molecule has 4 aromatic rings. The maximum absolute atomic E-state index is 12.8. The first-order chi connectivity index (χ1) is 22.1. The second-order valence-corrected chi connectivity index (χ2v) is 11.4. The molecule has 0 spiro atoms. The lowest BCUT2D eigenvalue weighted by atomic mass is 10.1. The Morgan fingerprint density at radius 1 is 1.07 bits per heavy atom. The van der Waals surface area contributed by atoms with Crippen LogP contribution in [0.4, 0.5) is 17.1 Å². The summed E-state index contributed by atoms with van der Waals surface area (Å²) in [6.07, 6.45) is 6.11. The highest BCUT2D eigenvalue weighted by molar-refractivity contribution is 6.32. The molecule has 2 aromatic carbocycles. The molecule has 0 aliphatic heterocycles. The highest BCUT2D eigenvalue weighted by Crippen LogP contribution is 2.37. The van der Waals surface area contributed by atoms with E-state index < -0.39 is 11.5 Å². The van der Waals surface area contributed by atoms with Crippen LogP contribution in [0, 0.1) is 11.3 Å². The topological polar surface area (TPSA) is 147 Å². The molecule has 4 rings (SSSR count). The molecule has 2 heterocycles. The number of aromatic nitrogens is 2. The van der Waals surface area contributed by atoms with Crippen molar-refractivity contribution in [2.24, 2.45) is 0 Å². The minimum absolute atomic E-state index is 0.0124. The largest absolute Gasteiger partial charge is 0.492 e. The first kappa shape index (κ1) is 33.7. The van der Waals surface area contributed by atoms with Crippen LogP contribution >= 0.6 is 11.6 Å². The average Bonchev–Trinajstić information content (AvgIpc) is 3.01. The number of hydrogen-bond donors (Lipinski definition) is 3. The summed E-state index contributed by atoms with van der Waals surface area (Å²) in [6.45, 7) is 8.12. The normalized spacial score (nSPS) is 11.2. The molecule has 0 fully saturated rings. The average molecular weight is 643 g/mol. The lowest BCUT2D eigenvalue weighted by Gasteiger charge is -2.19. The summed E-state index contributed by atoms with van der Waals surface area (Å²) in [6, 6.07) is 16.4. The Bertz CT molecular complexity index is 1770. The van der Waals surface area contributed by atoms with E-state index in [9.17, 15) is 14.9 Å². The molecule has 0 saturated carbocycles. The Hall–Kier alpha value is -5.18. The van der Waals surface area contributed by atoms with E-state index in [4.69, 9.17) is 25.8 Å². The van der Waals surface area contributed by atoms with Gasteiger partial charge in [-0.2, -0.15) is 5.26 Å². The number of ether oxygens (including phenoxy) is 3. The SMILES string of the molecule is CCOc1cc2ncc(C#N)c(Nc3ccc(OCc4ccccn4)c(Cl)c3)c2cc1NC(=O)/C=C/CNCC(=O)OC(C)(C)C. The van der Waals surface area contributed by atoms with Crippen molar-refractivity contribution >= 4 is 51.4 Å². The predicted octanol–water partition coefficient (Wildman–Crippen LogP) is 6.30.